The molecule has 0 heterocycles. The maximum Gasteiger partial charge on any atom is 0.472 e. The van der Waals surface area contributed by atoms with E-state index in [1.165, 1.54) is 83.5 Å². The van der Waals surface area contributed by atoms with Crippen LogP contribution in [0.3, 0.4) is 0 Å². The van der Waals surface area contributed by atoms with E-state index in [1.54, 1.807) is 0 Å². The van der Waals surface area contributed by atoms with Crippen LogP contribution in [0.1, 0.15) is 290 Å². The van der Waals surface area contributed by atoms with Gasteiger partial charge in [-0.25, -0.2) is 9.13 Å². The number of hydrogen-bond acceptors (Lipinski definition) is 14. The van der Waals surface area contributed by atoms with Gasteiger partial charge in [-0.2, -0.15) is 0 Å². The predicted molar refractivity (Wildman–Crippen MR) is 380 cm³/mol. The third-order valence-corrected chi connectivity index (χ3v) is 16.9. The van der Waals surface area contributed by atoms with E-state index < -0.39 is 91.5 Å². The molecule has 0 rings (SSSR count). The molecule has 0 aliphatic carbocycles. The van der Waals surface area contributed by atoms with Gasteiger partial charge < -0.3 is 34.2 Å². The van der Waals surface area contributed by atoms with Gasteiger partial charge in [-0.1, -0.05) is 252 Å². The zero-order valence-corrected chi connectivity index (χ0v) is 59.9. The van der Waals surface area contributed by atoms with Crippen molar-refractivity contribution in [2.75, 3.05) is 39.6 Å². The van der Waals surface area contributed by atoms with E-state index in [2.05, 4.69) is 130 Å². The summed E-state index contributed by atoms with van der Waals surface area (Å²) in [5.74, 6) is -1.61. The van der Waals surface area contributed by atoms with Crippen LogP contribution in [0.15, 0.2) is 109 Å². The molecule has 0 radical (unpaired) electrons. The fraction of sp³-hybridized carbons (Fsp3) is 0.720. The number of hydrogen-bond donors (Lipinski definition) is 4. The number of rotatable bonds is 68. The number of carbonyl (C=O) groups excluding carboxylic acids is 3. The van der Waals surface area contributed by atoms with E-state index in [4.69, 9.17) is 32.3 Å². The molecule has 0 bridgehead atoms. The lowest BCUT2D eigenvalue weighted by Gasteiger charge is -2.21. The average Bonchev–Trinajstić information content (AvgIpc) is 3.71. The molecule has 0 spiro atoms. The minimum Gasteiger partial charge on any atom is -0.463 e. The van der Waals surface area contributed by atoms with Crippen molar-refractivity contribution in [3.63, 3.8) is 0 Å². The van der Waals surface area contributed by atoms with Crippen molar-refractivity contribution in [3.8, 4) is 0 Å². The summed E-state index contributed by atoms with van der Waals surface area (Å²) in [7, 11) is -9.79. The molecule has 0 aromatic heterocycles. The van der Waals surface area contributed by atoms with E-state index in [-0.39, 0.29) is 19.3 Å². The van der Waals surface area contributed by atoms with Crippen molar-refractivity contribution in [1.29, 1.82) is 0 Å². The quantitative estimate of drug-likeness (QED) is 0.0146. The van der Waals surface area contributed by atoms with E-state index in [9.17, 15) is 43.5 Å². The van der Waals surface area contributed by atoms with Crippen LogP contribution in [0.25, 0.3) is 0 Å². The minimum absolute atomic E-state index is 0.0850. The molecule has 5 atom stereocenters. The van der Waals surface area contributed by atoms with Gasteiger partial charge in [0, 0.05) is 19.3 Å². The van der Waals surface area contributed by atoms with E-state index in [1.807, 2.05) is 0 Å². The van der Waals surface area contributed by atoms with Gasteiger partial charge in [-0.05, 0) is 128 Å². The van der Waals surface area contributed by atoms with Gasteiger partial charge in [0.15, 0.2) is 6.10 Å². The monoisotopic (exact) mass is 1350 g/mol. The van der Waals surface area contributed by atoms with Crippen LogP contribution >= 0.6 is 15.6 Å². The second-order valence-corrected chi connectivity index (χ2v) is 26.9. The fourth-order valence-electron chi connectivity index (χ4n) is 9.42. The van der Waals surface area contributed by atoms with Crippen molar-refractivity contribution < 1.29 is 75.8 Å². The van der Waals surface area contributed by atoms with Gasteiger partial charge in [0.2, 0.25) is 0 Å². The lowest BCUT2D eigenvalue weighted by molar-refractivity contribution is -0.161. The highest BCUT2D eigenvalue weighted by atomic mass is 31.2. The molecular weight excluding hydrogens is 1220 g/mol. The summed E-state index contributed by atoms with van der Waals surface area (Å²) < 4.78 is 60.9. The Bertz CT molecular complexity index is 2130. The number of aliphatic hydroxyl groups excluding tert-OH is 2. The highest BCUT2D eigenvalue weighted by molar-refractivity contribution is 7.47. The summed E-state index contributed by atoms with van der Waals surface area (Å²) >= 11 is 0. The maximum atomic E-state index is 12.9. The summed E-state index contributed by atoms with van der Waals surface area (Å²) in [5.41, 5.74) is 0. The molecule has 0 fully saturated rings. The van der Waals surface area contributed by atoms with Gasteiger partial charge in [-0.15, -0.1) is 0 Å². The highest BCUT2D eigenvalue weighted by Gasteiger charge is 2.29. The summed E-state index contributed by atoms with van der Waals surface area (Å²) in [6.07, 6.45) is 77.1. The number of esters is 3. The Morgan fingerprint density at radius 2 is 0.570 bits per heavy atom. The first-order valence-corrected chi connectivity index (χ1v) is 39.2. The Hall–Kier alpha value is -3.79. The first-order chi connectivity index (χ1) is 45.2. The molecule has 0 aliphatic rings. The fourth-order valence-corrected chi connectivity index (χ4v) is 11.0. The normalized spacial score (nSPS) is 14.8. The zero-order chi connectivity index (χ0) is 68.1. The van der Waals surface area contributed by atoms with Crippen LogP contribution < -0.4 is 0 Å². The first kappa shape index (κ1) is 89.2. The lowest BCUT2D eigenvalue weighted by atomic mass is 10.0. The Labute approximate surface area is 564 Å². The molecule has 0 aromatic carbocycles. The lowest BCUT2D eigenvalue weighted by Crippen LogP contribution is -2.30. The van der Waals surface area contributed by atoms with E-state index in [0.717, 1.165) is 148 Å². The molecule has 5 unspecified atom stereocenters. The third kappa shape index (κ3) is 69.4. The second-order valence-electron chi connectivity index (χ2n) is 24.0. The number of phosphoric acid groups is 2. The largest absolute Gasteiger partial charge is 0.472 e. The Balaban J connectivity index is 4.53. The Morgan fingerprint density at radius 3 is 0.903 bits per heavy atom. The number of allylic oxidation sites excluding steroid dienone is 18. The number of aliphatic hydroxyl groups is 2. The van der Waals surface area contributed by atoms with Crippen LogP contribution in [0.2, 0.25) is 0 Å². The zero-order valence-electron chi connectivity index (χ0n) is 58.1. The SMILES string of the molecule is CC/C=C\C/C=C\C/C=C\C/C=C\C/C=C\CCCCCCCCCCCCCC(=O)OCC(O)COP(=O)(O)OCC(O)COP(=O)(O)OCC(COC(=O)CCCCCCC/C=C\C/C=C\CCCCC)OC(=O)CCCCCCC/C=C\C/C=C\CCCCC. The molecular formula is C75H130O16P2. The molecule has 4 N–H and O–H groups in total. The van der Waals surface area contributed by atoms with E-state index >= 15 is 0 Å². The molecule has 0 saturated carbocycles. The Kier molecular flexibility index (Phi) is 65.4. The molecule has 536 valence electrons. The van der Waals surface area contributed by atoms with Crippen LogP contribution in [0, 0.1) is 0 Å². The summed E-state index contributed by atoms with van der Waals surface area (Å²) in [6, 6.07) is 0. The van der Waals surface area contributed by atoms with Gasteiger partial charge in [-0.3, -0.25) is 32.5 Å². The molecule has 16 nitrogen and oxygen atoms in total. The maximum absolute atomic E-state index is 12.9. The van der Waals surface area contributed by atoms with E-state index in [0.29, 0.717) is 19.3 Å². The number of carbonyl (C=O) groups is 3. The average molecular weight is 1350 g/mol. The molecule has 18 heteroatoms. The van der Waals surface area contributed by atoms with Crippen molar-refractivity contribution in [2.24, 2.45) is 0 Å². The predicted octanol–water partition coefficient (Wildman–Crippen LogP) is 20.4. The second kappa shape index (κ2) is 68.2. The molecule has 0 amide bonds. The standard InChI is InChI=1S/C75H130O16P2/c1-4-7-10-13-16-19-22-25-28-29-30-31-32-33-34-35-36-37-38-39-42-44-46-49-52-55-58-61-73(78)85-64-70(76)65-87-92(81,82)88-66-71(77)67-89-93(83,84)90-69-72(91-75(80)63-60-57-54-51-48-45-41-27-24-21-18-15-12-9-6-3)68-86-74(79)62-59-56-53-50-47-43-40-26-23-20-17-14-11-8-5-2/h7,10,16-21,25-28,30-31,33-34,40-41,70-72,76-77H,4-6,8-9,11-15,22-24,29,32,35-39,42-69H2,1-3H3,(H,81,82)(H,83,84)/b10-7-,19-16-,20-17-,21-18-,28-25-,31-30-,34-33-,40-26-,41-27-. The van der Waals surface area contributed by atoms with Crippen LogP contribution in [-0.2, 0) is 55.8 Å². The number of phosphoric ester groups is 2. The minimum atomic E-state index is -4.93. The number of ether oxygens (including phenoxy) is 3. The summed E-state index contributed by atoms with van der Waals surface area (Å²) in [5, 5.41) is 20.6. The van der Waals surface area contributed by atoms with Gasteiger partial charge in [0.05, 0.1) is 26.4 Å². The molecule has 93 heavy (non-hydrogen) atoms. The van der Waals surface area contributed by atoms with Crippen molar-refractivity contribution in [3.05, 3.63) is 109 Å². The number of unbranched alkanes of at least 4 members (excludes halogenated alkanes) is 27. The van der Waals surface area contributed by atoms with Crippen molar-refractivity contribution in [1.82, 2.24) is 0 Å². The summed E-state index contributed by atoms with van der Waals surface area (Å²) in [4.78, 5) is 58.4. The summed E-state index contributed by atoms with van der Waals surface area (Å²) in [6.45, 7) is 2.48. The smallest absolute Gasteiger partial charge is 0.463 e. The van der Waals surface area contributed by atoms with Crippen LogP contribution in [0.4, 0.5) is 0 Å². The van der Waals surface area contributed by atoms with Gasteiger partial charge >= 0.3 is 33.6 Å². The molecule has 0 aliphatic heterocycles. The third-order valence-electron chi connectivity index (χ3n) is 15.0. The van der Waals surface area contributed by atoms with Crippen LogP contribution in [-0.4, -0.2) is 95.9 Å². The van der Waals surface area contributed by atoms with Gasteiger partial charge in [0.1, 0.15) is 25.4 Å². The van der Waals surface area contributed by atoms with Gasteiger partial charge in [0.25, 0.3) is 0 Å². The highest BCUT2D eigenvalue weighted by Crippen LogP contribution is 2.45. The molecule has 0 saturated heterocycles. The Morgan fingerprint density at radius 1 is 0.312 bits per heavy atom. The topological polar surface area (TPSA) is 231 Å². The van der Waals surface area contributed by atoms with Crippen molar-refractivity contribution in [2.45, 2.75) is 309 Å². The first-order valence-electron chi connectivity index (χ1n) is 36.2. The van der Waals surface area contributed by atoms with Crippen molar-refractivity contribution >= 4 is 33.6 Å². The molecule has 0 aromatic rings. The van der Waals surface area contributed by atoms with Crippen LogP contribution in [0.5, 0.6) is 0 Å².